The van der Waals surface area contributed by atoms with Crippen molar-refractivity contribution in [2.45, 2.75) is 77.4 Å². The SMILES string of the molecule is CCn1ncc2c(N[C@H](C)C3CCCCC3)c(C(=O)N(C)C3CCN(C)CC3)cnc21. The van der Waals surface area contributed by atoms with E-state index in [2.05, 4.69) is 41.2 Å². The lowest BCUT2D eigenvalue weighted by Gasteiger charge is -2.35. The first-order valence-corrected chi connectivity index (χ1v) is 12.1. The van der Waals surface area contributed by atoms with Crippen molar-refractivity contribution in [2.75, 3.05) is 32.5 Å². The number of nitrogens with zero attached hydrogens (tertiary/aromatic N) is 5. The molecular formula is C24H38N6O. The largest absolute Gasteiger partial charge is 0.381 e. The maximum atomic E-state index is 13.6. The van der Waals surface area contributed by atoms with Crippen molar-refractivity contribution in [3.63, 3.8) is 0 Å². The molecule has 0 spiro atoms. The van der Waals surface area contributed by atoms with Crippen LogP contribution in [0, 0.1) is 5.92 Å². The third kappa shape index (κ3) is 4.56. The normalized spacial score (nSPS) is 20.1. The fourth-order valence-corrected chi connectivity index (χ4v) is 5.29. The molecule has 7 heteroatoms. The number of hydrogen-bond acceptors (Lipinski definition) is 5. The number of hydrogen-bond donors (Lipinski definition) is 1. The van der Waals surface area contributed by atoms with Crippen LogP contribution in [0.4, 0.5) is 5.69 Å². The van der Waals surface area contributed by atoms with Gasteiger partial charge in [0, 0.05) is 31.9 Å². The highest BCUT2D eigenvalue weighted by molar-refractivity contribution is 6.06. The number of amides is 1. The van der Waals surface area contributed by atoms with Gasteiger partial charge in [-0.2, -0.15) is 5.10 Å². The molecule has 1 amide bonds. The Labute approximate surface area is 186 Å². The average molecular weight is 427 g/mol. The molecular weight excluding hydrogens is 388 g/mol. The lowest BCUT2D eigenvalue weighted by atomic mass is 9.84. The zero-order chi connectivity index (χ0) is 22.0. The lowest BCUT2D eigenvalue weighted by Crippen LogP contribution is -2.44. The quantitative estimate of drug-likeness (QED) is 0.756. The molecule has 1 aliphatic heterocycles. The lowest BCUT2D eigenvalue weighted by molar-refractivity contribution is 0.0660. The van der Waals surface area contributed by atoms with Gasteiger partial charge < -0.3 is 15.1 Å². The monoisotopic (exact) mass is 426 g/mol. The van der Waals surface area contributed by atoms with Crippen LogP contribution in [-0.2, 0) is 6.54 Å². The van der Waals surface area contributed by atoms with Crippen LogP contribution in [0.2, 0.25) is 0 Å². The molecule has 1 saturated heterocycles. The van der Waals surface area contributed by atoms with Crippen molar-refractivity contribution in [3.8, 4) is 0 Å². The Morgan fingerprint density at radius 1 is 1.19 bits per heavy atom. The van der Waals surface area contributed by atoms with Crippen LogP contribution in [0.3, 0.4) is 0 Å². The molecule has 1 atom stereocenters. The number of nitrogens with one attached hydrogen (secondary N) is 1. The van der Waals surface area contributed by atoms with Crippen LogP contribution in [-0.4, -0.2) is 69.7 Å². The van der Waals surface area contributed by atoms with Crippen molar-refractivity contribution in [3.05, 3.63) is 18.0 Å². The number of carbonyl (C=O) groups is 1. The zero-order valence-corrected chi connectivity index (χ0v) is 19.6. The van der Waals surface area contributed by atoms with Crippen LogP contribution in [0.1, 0.15) is 69.2 Å². The summed E-state index contributed by atoms with van der Waals surface area (Å²) in [7, 11) is 4.10. The van der Waals surface area contributed by atoms with Gasteiger partial charge in [-0.1, -0.05) is 19.3 Å². The first kappa shape index (κ1) is 22.1. The van der Waals surface area contributed by atoms with Gasteiger partial charge in [0.2, 0.25) is 0 Å². The van der Waals surface area contributed by atoms with E-state index < -0.39 is 0 Å². The maximum Gasteiger partial charge on any atom is 0.257 e. The smallest absolute Gasteiger partial charge is 0.257 e. The number of aryl methyl sites for hydroxylation is 1. The molecule has 1 aliphatic carbocycles. The summed E-state index contributed by atoms with van der Waals surface area (Å²) in [5.74, 6) is 0.708. The minimum absolute atomic E-state index is 0.0616. The van der Waals surface area contributed by atoms with E-state index in [1.54, 1.807) is 6.20 Å². The molecule has 1 N–H and O–H groups in total. The van der Waals surface area contributed by atoms with E-state index >= 15 is 0 Å². The molecule has 2 aromatic heterocycles. The van der Waals surface area contributed by atoms with E-state index in [4.69, 9.17) is 0 Å². The molecule has 1 saturated carbocycles. The zero-order valence-electron chi connectivity index (χ0n) is 19.6. The van der Waals surface area contributed by atoms with E-state index in [-0.39, 0.29) is 11.9 Å². The minimum Gasteiger partial charge on any atom is -0.381 e. The highest BCUT2D eigenvalue weighted by Crippen LogP contribution is 2.33. The van der Waals surface area contributed by atoms with Gasteiger partial charge in [-0.25, -0.2) is 9.67 Å². The Bertz CT molecular complexity index is 895. The molecule has 0 aromatic carbocycles. The summed E-state index contributed by atoms with van der Waals surface area (Å²) >= 11 is 0. The predicted molar refractivity (Wildman–Crippen MR) is 125 cm³/mol. The number of likely N-dealkylation sites (tertiary alicyclic amines) is 1. The topological polar surface area (TPSA) is 66.3 Å². The molecule has 31 heavy (non-hydrogen) atoms. The van der Waals surface area contributed by atoms with Gasteiger partial charge in [-0.05, 0) is 65.6 Å². The van der Waals surface area contributed by atoms with Gasteiger partial charge in [0.05, 0.1) is 22.8 Å². The molecule has 3 heterocycles. The van der Waals surface area contributed by atoms with E-state index in [1.807, 2.05) is 22.8 Å². The molecule has 0 unspecified atom stereocenters. The van der Waals surface area contributed by atoms with Gasteiger partial charge in [0.1, 0.15) is 0 Å². The second-order valence-corrected chi connectivity index (χ2v) is 9.53. The summed E-state index contributed by atoms with van der Waals surface area (Å²) in [6.07, 6.45) is 12.1. The second kappa shape index (κ2) is 9.55. The first-order valence-electron chi connectivity index (χ1n) is 12.1. The maximum absolute atomic E-state index is 13.6. The average Bonchev–Trinajstić information content (AvgIpc) is 3.23. The van der Waals surface area contributed by atoms with Crippen molar-refractivity contribution >= 4 is 22.6 Å². The number of aromatic nitrogens is 3. The van der Waals surface area contributed by atoms with Gasteiger partial charge in [-0.3, -0.25) is 4.79 Å². The molecule has 170 valence electrons. The van der Waals surface area contributed by atoms with Crippen molar-refractivity contribution in [1.29, 1.82) is 0 Å². The van der Waals surface area contributed by atoms with Gasteiger partial charge in [-0.15, -0.1) is 0 Å². The Balaban J connectivity index is 1.65. The molecule has 2 aromatic rings. The summed E-state index contributed by atoms with van der Waals surface area (Å²) in [6.45, 7) is 7.16. The first-order chi connectivity index (χ1) is 15.0. The fourth-order valence-electron chi connectivity index (χ4n) is 5.29. The molecule has 4 rings (SSSR count). The molecule has 0 radical (unpaired) electrons. The van der Waals surface area contributed by atoms with Crippen LogP contribution in [0.5, 0.6) is 0 Å². The minimum atomic E-state index is 0.0616. The second-order valence-electron chi connectivity index (χ2n) is 9.53. The van der Waals surface area contributed by atoms with E-state index in [0.717, 1.165) is 49.2 Å². The van der Waals surface area contributed by atoms with Gasteiger partial charge >= 0.3 is 0 Å². The van der Waals surface area contributed by atoms with Crippen LogP contribution in [0.25, 0.3) is 11.0 Å². The van der Waals surface area contributed by atoms with E-state index in [9.17, 15) is 4.79 Å². The molecule has 7 nitrogen and oxygen atoms in total. The van der Waals surface area contributed by atoms with E-state index in [1.165, 1.54) is 32.1 Å². The number of anilines is 1. The van der Waals surface area contributed by atoms with Crippen molar-refractivity contribution < 1.29 is 4.79 Å². The summed E-state index contributed by atoms with van der Waals surface area (Å²) in [6, 6.07) is 0.595. The summed E-state index contributed by atoms with van der Waals surface area (Å²) in [5.41, 5.74) is 2.43. The van der Waals surface area contributed by atoms with Crippen molar-refractivity contribution in [1.82, 2.24) is 24.6 Å². The Morgan fingerprint density at radius 2 is 1.90 bits per heavy atom. The summed E-state index contributed by atoms with van der Waals surface area (Å²) < 4.78 is 1.90. The third-order valence-electron chi connectivity index (χ3n) is 7.48. The highest BCUT2D eigenvalue weighted by atomic mass is 16.2. The molecule has 2 aliphatic rings. The Morgan fingerprint density at radius 3 is 2.58 bits per heavy atom. The molecule has 0 bridgehead atoms. The van der Waals surface area contributed by atoms with E-state index in [0.29, 0.717) is 17.5 Å². The molecule has 2 fully saturated rings. The number of carbonyl (C=O) groups excluding carboxylic acids is 1. The van der Waals surface area contributed by atoms with Crippen LogP contribution < -0.4 is 5.32 Å². The Kier molecular flexibility index (Phi) is 6.80. The summed E-state index contributed by atoms with van der Waals surface area (Å²) in [4.78, 5) is 22.6. The number of rotatable bonds is 6. The van der Waals surface area contributed by atoms with Gasteiger partial charge in [0.25, 0.3) is 5.91 Å². The summed E-state index contributed by atoms with van der Waals surface area (Å²) in [5, 5.41) is 9.23. The standard InChI is InChI=1S/C24H38N6O/c1-5-30-23-20(16-26-30)22(27-17(2)18-9-7-6-8-10-18)21(15-25-23)24(31)29(4)19-11-13-28(3)14-12-19/h15-19H,5-14H2,1-4H3,(H,25,27)/t17-/m1/s1. The van der Waals surface area contributed by atoms with Gasteiger partial charge in [0.15, 0.2) is 5.65 Å². The highest BCUT2D eigenvalue weighted by Gasteiger charge is 2.29. The third-order valence-corrected chi connectivity index (χ3v) is 7.48. The van der Waals surface area contributed by atoms with Crippen molar-refractivity contribution in [2.24, 2.45) is 5.92 Å². The number of pyridine rings is 1. The fraction of sp³-hybridized carbons (Fsp3) is 0.708. The number of fused-ring (bicyclic) bond motifs is 1. The number of piperidine rings is 1. The predicted octanol–water partition coefficient (Wildman–Crippen LogP) is 4.00. The van der Waals surface area contributed by atoms with Crippen LogP contribution in [0.15, 0.2) is 12.4 Å². The Hall–Kier alpha value is -2.15. The van der Waals surface area contributed by atoms with Crippen LogP contribution >= 0.6 is 0 Å².